The minimum Gasteiger partial charge on any atom is -0.481 e. The van der Waals surface area contributed by atoms with Crippen LogP contribution in [0, 0.1) is 0 Å². The van der Waals surface area contributed by atoms with Gasteiger partial charge in [0.1, 0.15) is 0 Å². The van der Waals surface area contributed by atoms with Gasteiger partial charge >= 0.3 is 0 Å². The zero-order valence-electron chi connectivity index (χ0n) is 10.1. The van der Waals surface area contributed by atoms with Crippen molar-refractivity contribution in [3.05, 3.63) is 18.3 Å². The van der Waals surface area contributed by atoms with Crippen LogP contribution in [0.25, 0.3) is 0 Å². The fourth-order valence-electron chi connectivity index (χ4n) is 1.28. The van der Waals surface area contributed by atoms with Crippen molar-refractivity contribution in [3.63, 3.8) is 0 Å². The van der Waals surface area contributed by atoms with Gasteiger partial charge in [-0.2, -0.15) is 15.0 Å². The summed E-state index contributed by atoms with van der Waals surface area (Å²) in [5.41, 5.74) is 0. The molecule has 2 aromatic heterocycles. The Bertz CT molecular complexity index is 466. The normalized spacial score (nSPS) is 10.1. The maximum absolute atomic E-state index is 5.04. The van der Waals surface area contributed by atoms with Crippen molar-refractivity contribution in [2.24, 2.45) is 0 Å². The van der Waals surface area contributed by atoms with Crippen LogP contribution in [0.3, 0.4) is 0 Å². The summed E-state index contributed by atoms with van der Waals surface area (Å²) in [6.45, 7) is 0.568. The van der Waals surface area contributed by atoms with E-state index in [4.69, 9.17) is 14.0 Å². The van der Waals surface area contributed by atoms with E-state index in [9.17, 15) is 0 Å². The minimum atomic E-state index is 0.422. The summed E-state index contributed by atoms with van der Waals surface area (Å²) in [6, 6.07) is 1.60. The van der Waals surface area contributed by atoms with Crippen molar-refractivity contribution < 1.29 is 14.0 Å². The number of methoxy groups -OCH3 is 2. The van der Waals surface area contributed by atoms with Gasteiger partial charge in [-0.25, -0.2) is 0 Å². The Kier molecular flexibility index (Phi) is 3.90. The van der Waals surface area contributed by atoms with Crippen molar-refractivity contribution in [2.75, 3.05) is 26.1 Å². The molecule has 0 aliphatic rings. The molecule has 0 atom stereocenters. The second kappa shape index (κ2) is 5.80. The molecule has 0 radical (unpaired) electrons. The minimum absolute atomic E-state index is 0.422. The van der Waals surface area contributed by atoms with Gasteiger partial charge < -0.3 is 19.3 Å². The Morgan fingerprint density at radius 3 is 2.50 bits per heavy atom. The van der Waals surface area contributed by atoms with Gasteiger partial charge in [0.25, 0.3) is 0 Å². The molecule has 0 aromatic carbocycles. The number of anilines is 1. The molecule has 0 amide bonds. The first kappa shape index (κ1) is 12.1. The summed E-state index contributed by atoms with van der Waals surface area (Å²) in [6.07, 6.45) is 1.95. The molecule has 0 aliphatic carbocycles. The van der Waals surface area contributed by atoms with Gasteiger partial charge in [-0.15, -0.1) is 0 Å². The van der Waals surface area contributed by atoms with E-state index in [1.54, 1.807) is 6.07 Å². The first-order valence-electron chi connectivity index (χ1n) is 5.28. The average Bonchev–Trinajstić information content (AvgIpc) is 2.91. The largest absolute Gasteiger partial charge is 0.481 e. The summed E-state index contributed by atoms with van der Waals surface area (Å²) in [5, 5.41) is 6.54. The third-order valence-electron chi connectivity index (χ3n) is 2.13. The molecule has 18 heavy (non-hydrogen) atoms. The van der Waals surface area contributed by atoms with E-state index in [0.29, 0.717) is 36.6 Å². The van der Waals surface area contributed by atoms with Gasteiger partial charge in [0, 0.05) is 13.0 Å². The molecule has 0 saturated carbocycles. The van der Waals surface area contributed by atoms with Crippen LogP contribution in [0.5, 0.6) is 11.8 Å². The Hall–Kier alpha value is -2.38. The van der Waals surface area contributed by atoms with Gasteiger partial charge in [-0.1, -0.05) is 5.16 Å². The van der Waals surface area contributed by atoms with E-state index in [1.807, 2.05) is 0 Å². The summed E-state index contributed by atoms with van der Waals surface area (Å²) in [5.74, 6) is 1.84. The first-order chi connectivity index (χ1) is 8.81. The predicted molar refractivity (Wildman–Crippen MR) is 61.6 cm³/mol. The zero-order chi connectivity index (χ0) is 12.8. The van der Waals surface area contributed by atoms with E-state index >= 15 is 0 Å². The van der Waals surface area contributed by atoms with Crippen LogP contribution >= 0.6 is 0 Å². The zero-order valence-corrected chi connectivity index (χ0v) is 10.1. The Morgan fingerprint density at radius 2 is 1.94 bits per heavy atom. The fraction of sp³-hybridized carbons (Fsp3) is 0.400. The first-order valence-corrected chi connectivity index (χ1v) is 5.28. The quantitative estimate of drug-likeness (QED) is 0.794. The topological polar surface area (TPSA) is 95.2 Å². The molecule has 0 spiro atoms. The molecule has 96 valence electrons. The standard InChI is InChI=1S/C10H13N5O3/c1-16-8-5-9(17-2)15-10(14-8)11-4-3-7-12-6-13-18-7/h5-6H,3-4H2,1-2H3,(H,11,14,15). The van der Waals surface area contributed by atoms with Crippen molar-refractivity contribution >= 4 is 5.95 Å². The average molecular weight is 251 g/mol. The van der Waals surface area contributed by atoms with E-state index in [0.717, 1.165) is 0 Å². The molecule has 8 nitrogen and oxygen atoms in total. The molecule has 0 aliphatic heterocycles. The lowest BCUT2D eigenvalue weighted by Gasteiger charge is -2.07. The molecule has 8 heteroatoms. The molecule has 0 fully saturated rings. The number of hydrogen-bond acceptors (Lipinski definition) is 8. The molecule has 2 aromatic rings. The monoisotopic (exact) mass is 251 g/mol. The fourth-order valence-corrected chi connectivity index (χ4v) is 1.28. The Morgan fingerprint density at radius 1 is 1.22 bits per heavy atom. The molecule has 0 bridgehead atoms. The van der Waals surface area contributed by atoms with Crippen LogP contribution in [0.4, 0.5) is 5.95 Å². The number of nitrogens with zero attached hydrogens (tertiary/aromatic N) is 4. The number of hydrogen-bond donors (Lipinski definition) is 1. The lowest BCUT2D eigenvalue weighted by molar-refractivity contribution is 0.372. The number of nitrogens with one attached hydrogen (secondary N) is 1. The molecule has 0 unspecified atom stereocenters. The van der Waals surface area contributed by atoms with Gasteiger partial charge in [0.15, 0.2) is 6.33 Å². The number of rotatable bonds is 6. The van der Waals surface area contributed by atoms with E-state index in [2.05, 4.69) is 25.4 Å². The van der Waals surface area contributed by atoms with Crippen LogP contribution in [-0.4, -0.2) is 40.9 Å². The highest BCUT2D eigenvalue weighted by atomic mass is 16.5. The molecule has 0 saturated heterocycles. The molecular formula is C10H13N5O3. The maximum atomic E-state index is 5.04. The maximum Gasteiger partial charge on any atom is 0.229 e. The van der Waals surface area contributed by atoms with Crippen LogP contribution in [-0.2, 0) is 6.42 Å². The molecule has 2 heterocycles. The van der Waals surface area contributed by atoms with Crippen molar-refractivity contribution in [1.29, 1.82) is 0 Å². The lowest BCUT2D eigenvalue weighted by atomic mass is 10.4. The van der Waals surface area contributed by atoms with Crippen LogP contribution in [0.2, 0.25) is 0 Å². The number of aromatic nitrogens is 4. The van der Waals surface area contributed by atoms with E-state index < -0.39 is 0 Å². The highest BCUT2D eigenvalue weighted by Crippen LogP contribution is 2.17. The van der Waals surface area contributed by atoms with E-state index in [1.165, 1.54) is 20.5 Å². The molecule has 1 N–H and O–H groups in total. The van der Waals surface area contributed by atoms with Crippen LogP contribution < -0.4 is 14.8 Å². The lowest BCUT2D eigenvalue weighted by Crippen LogP contribution is -2.09. The Labute approximate surface area is 103 Å². The summed E-state index contributed by atoms with van der Waals surface area (Å²) in [4.78, 5) is 12.2. The number of ether oxygens (including phenoxy) is 2. The summed E-state index contributed by atoms with van der Waals surface area (Å²) < 4.78 is 14.9. The van der Waals surface area contributed by atoms with Crippen molar-refractivity contribution in [1.82, 2.24) is 20.1 Å². The van der Waals surface area contributed by atoms with Gasteiger partial charge in [-0.05, 0) is 0 Å². The predicted octanol–water partition coefficient (Wildman–Crippen LogP) is 0.531. The van der Waals surface area contributed by atoms with Crippen LogP contribution in [0.15, 0.2) is 16.9 Å². The summed E-state index contributed by atoms with van der Waals surface area (Å²) in [7, 11) is 3.06. The van der Waals surface area contributed by atoms with E-state index in [-0.39, 0.29) is 0 Å². The Balaban J connectivity index is 1.95. The van der Waals surface area contributed by atoms with Gasteiger partial charge in [-0.3, -0.25) is 0 Å². The van der Waals surface area contributed by atoms with Gasteiger partial charge in [0.2, 0.25) is 23.6 Å². The smallest absolute Gasteiger partial charge is 0.229 e. The third kappa shape index (κ3) is 3.06. The van der Waals surface area contributed by atoms with Crippen molar-refractivity contribution in [3.8, 4) is 11.8 Å². The highest BCUT2D eigenvalue weighted by Gasteiger charge is 2.05. The molecular weight excluding hydrogens is 238 g/mol. The van der Waals surface area contributed by atoms with Gasteiger partial charge in [0.05, 0.1) is 20.3 Å². The van der Waals surface area contributed by atoms with Crippen LogP contribution in [0.1, 0.15) is 5.89 Å². The summed E-state index contributed by atoms with van der Waals surface area (Å²) >= 11 is 0. The second-order valence-electron chi connectivity index (χ2n) is 3.29. The third-order valence-corrected chi connectivity index (χ3v) is 2.13. The highest BCUT2D eigenvalue weighted by molar-refractivity contribution is 5.33. The van der Waals surface area contributed by atoms with Crippen molar-refractivity contribution in [2.45, 2.75) is 6.42 Å². The second-order valence-corrected chi connectivity index (χ2v) is 3.29. The molecule has 2 rings (SSSR count). The SMILES string of the molecule is COc1cc(OC)nc(NCCc2ncno2)n1.